The quantitative estimate of drug-likeness (QED) is 0.871. The van der Waals surface area contributed by atoms with E-state index < -0.39 is 0 Å². The molecule has 0 fully saturated rings. The van der Waals surface area contributed by atoms with Crippen molar-refractivity contribution in [2.24, 2.45) is 5.73 Å². The second-order valence-corrected chi connectivity index (χ2v) is 5.24. The van der Waals surface area contributed by atoms with Crippen molar-refractivity contribution < 1.29 is 4.79 Å². The Morgan fingerprint density at radius 3 is 2.94 bits per heavy atom. The minimum Gasteiger partial charge on any atom is -0.330 e. The third kappa shape index (κ3) is 2.08. The number of carbonyl (C=O) groups is 1. The van der Waals surface area contributed by atoms with Gasteiger partial charge in [0.05, 0.1) is 10.9 Å². The number of para-hydroxylation sites is 1. The van der Waals surface area contributed by atoms with Gasteiger partial charge in [-0.3, -0.25) is 4.79 Å². The third-order valence-corrected chi connectivity index (χ3v) is 3.81. The summed E-state index contributed by atoms with van der Waals surface area (Å²) in [4.78, 5) is 15.1. The smallest absolute Gasteiger partial charge is 0.240 e. The second-order valence-electron chi connectivity index (χ2n) is 3.86. The van der Waals surface area contributed by atoms with E-state index in [1.165, 1.54) is 4.90 Å². The number of carbonyl (C=O) groups excluding carboxylic acids is 1. The summed E-state index contributed by atoms with van der Waals surface area (Å²) in [7, 11) is 0. The van der Waals surface area contributed by atoms with Crippen molar-refractivity contribution in [3.8, 4) is 0 Å². The van der Waals surface area contributed by atoms with Crippen LogP contribution in [-0.4, -0.2) is 24.2 Å². The molecule has 0 saturated carbocycles. The fourth-order valence-electron chi connectivity index (χ4n) is 1.84. The molecule has 1 heterocycles. The summed E-state index contributed by atoms with van der Waals surface area (Å²) in [6.45, 7) is 3.29. The Balaban J connectivity index is 2.30. The standard InChI is InChI=1S/C12H16N2OS/c1-9-12(15)14(8-4-7-13)10-5-2-3-6-11(10)16-9/h2-3,5-6,9H,4,7-8,13H2,1H3. The highest BCUT2D eigenvalue weighted by Gasteiger charge is 2.29. The molecule has 1 unspecified atom stereocenters. The number of anilines is 1. The van der Waals surface area contributed by atoms with Gasteiger partial charge in [0.2, 0.25) is 5.91 Å². The minimum absolute atomic E-state index is 0.00711. The first kappa shape index (κ1) is 11.5. The largest absolute Gasteiger partial charge is 0.330 e. The Bertz CT molecular complexity index is 394. The fourth-order valence-corrected chi connectivity index (χ4v) is 2.90. The van der Waals surface area contributed by atoms with E-state index in [-0.39, 0.29) is 11.2 Å². The summed E-state index contributed by atoms with van der Waals surface area (Å²) in [5.41, 5.74) is 6.53. The number of hydrogen-bond acceptors (Lipinski definition) is 3. The Labute approximate surface area is 100.0 Å². The zero-order chi connectivity index (χ0) is 11.5. The molecule has 1 aliphatic rings. The van der Waals surface area contributed by atoms with E-state index in [0.29, 0.717) is 6.54 Å². The highest BCUT2D eigenvalue weighted by Crippen LogP contribution is 2.38. The summed E-state index contributed by atoms with van der Waals surface area (Å²) in [6.07, 6.45) is 0.845. The van der Waals surface area contributed by atoms with Crippen LogP contribution in [0.4, 0.5) is 5.69 Å². The van der Waals surface area contributed by atoms with Gasteiger partial charge in [-0.05, 0) is 32.0 Å². The van der Waals surface area contributed by atoms with Crippen molar-refractivity contribution in [1.82, 2.24) is 0 Å². The average Bonchev–Trinajstić information content (AvgIpc) is 2.30. The SMILES string of the molecule is CC1Sc2ccccc2N(CCCN)C1=O. The maximum absolute atomic E-state index is 12.1. The molecular formula is C12H16N2OS. The van der Waals surface area contributed by atoms with Crippen LogP contribution < -0.4 is 10.6 Å². The van der Waals surface area contributed by atoms with Crippen LogP contribution in [-0.2, 0) is 4.79 Å². The van der Waals surface area contributed by atoms with Gasteiger partial charge in [0.15, 0.2) is 0 Å². The Morgan fingerprint density at radius 2 is 2.19 bits per heavy atom. The molecule has 1 aromatic carbocycles. The molecule has 1 atom stereocenters. The summed E-state index contributed by atoms with van der Waals surface area (Å²) in [5, 5.41) is 0.00711. The molecule has 16 heavy (non-hydrogen) atoms. The molecule has 0 radical (unpaired) electrons. The normalized spacial score (nSPS) is 19.8. The average molecular weight is 236 g/mol. The van der Waals surface area contributed by atoms with Crippen LogP contribution >= 0.6 is 11.8 Å². The first-order chi connectivity index (χ1) is 7.74. The molecule has 2 N–H and O–H groups in total. The van der Waals surface area contributed by atoms with Crippen molar-refractivity contribution in [2.45, 2.75) is 23.5 Å². The number of benzene rings is 1. The monoisotopic (exact) mass is 236 g/mol. The lowest BCUT2D eigenvalue weighted by Gasteiger charge is -2.32. The number of fused-ring (bicyclic) bond motifs is 1. The highest BCUT2D eigenvalue weighted by atomic mass is 32.2. The zero-order valence-corrected chi connectivity index (χ0v) is 10.2. The molecule has 1 amide bonds. The number of thioether (sulfide) groups is 1. The fraction of sp³-hybridized carbons (Fsp3) is 0.417. The van der Waals surface area contributed by atoms with Gasteiger partial charge in [-0.15, -0.1) is 11.8 Å². The van der Waals surface area contributed by atoms with Crippen LogP contribution in [0, 0.1) is 0 Å². The molecule has 2 rings (SSSR count). The molecule has 4 heteroatoms. The molecule has 86 valence electrons. The van der Waals surface area contributed by atoms with E-state index in [4.69, 9.17) is 5.73 Å². The van der Waals surface area contributed by atoms with Gasteiger partial charge in [-0.25, -0.2) is 0 Å². The van der Waals surface area contributed by atoms with E-state index >= 15 is 0 Å². The van der Waals surface area contributed by atoms with Crippen LogP contribution in [0.2, 0.25) is 0 Å². The Hall–Kier alpha value is -1.00. The lowest BCUT2D eigenvalue weighted by atomic mass is 10.2. The zero-order valence-electron chi connectivity index (χ0n) is 9.35. The van der Waals surface area contributed by atoms with Gasteiger partial charge in [0.25, 0.3) is 0 Å². The maximum Gasteiger partial charge on any atom is 0.240 e. The van der Waals surface area contributed by atoms with Crippen molar-refractivity contribution in [2.75, 3.05) is 18.0 Å². The topological polar surface area (TPSA) is 46.3 Å². The third-order valence-electron chi connectivity index (χ3n) is 2.66. The molecule has 0 aromatic heterocycles. The number of hydrogen-bond donors (Lipinski definition) is 1. The van der Waals surface area contributed by atoms with E-state index in [9.17, 15) is 4.79 Å². The first-order valence-electron chi connectivity index (χ1n) is 5.51. The summed E-state index contributed by atoms with van der Waals surface area (Å²) < 4.78 is 0. The van der Waals surface area contributed by atoms with Crippen LogP contribution in [0.15, 0.2) is 29.2 Å². The van der Waals surface area contributed by atoms with Gasteiger partial charge in [-0.2, -0.15) is 0 Å². The summed E-state index contributed by atoms with van der Waals surface area (Å²) in [6, 6.07) is 8.05. The molecule has 3 nitrogen and oxygen atoms in total. The maximum atomic E-state index is 12.1. The first-order valence-corrected chi connectivity index (χ1v) is 6.39. The van der Waals surface area contributed by atoms with E-state index in [1.807, 2.05) is 30.0 Å². The van der Waals surface area contributed by atoms with Crippen LogP contribution in [0.1, 0.15) is 13.3 Å². The predicted molar refractivity (Wildman–Crippen MR) is 67.8 cm³/mol. The van der Waals surface area contributed by atoms with Gasteiger partial charge < -0.3 is 10.6 Å². The van der Waals surface area contributed by atoms with Crippen molar-refractivity contribution in [1.29, 1.82) is 0 Å². The number of nitrogens with zero attached hydrogens (tertiary/aromatic N) is 1. The van der Waals surface area contributed by atoms with Crippen molar-refractivity contribution in [3.05, 3.63) is 24.3 Å². The van der Waals surface area contributed by atoms with E-state index in [0.717, 1.165) is 18.7 Å². The van der Waals surface area contributed by atoms with Crippen LogP contribution in [0.3, 0.4) is 0 Å². The summed E-state index contributed by atoms with van der Waals surface area (Å²) >= 11 is 1.63. The molecule has 0 aliphatic carbocycles. The van der Waals surface area contributed by atoms with Crippen LogP contribution in [0.25, 0.3) is 0 Å². The molecule has 1 aromatic rings. The lowest BCUT2D eigenvalue weighted by Crippen LogP contribution is -2.40. The van der Waals surface area contributed by atoms with E-state index in [2.05, 4.69) is 6.07 Å². The number of rotatable bonds is 3. The summed E-state index contributed by atoms with van der Waals surface area (Å²) in [5.74, 6) is 0.192. The van der Waals surface area contributed by atoms with Crippen molar-refractivity contribution >= 4 is 23.4 Å². The van der Waals surface area contributed by atoms with Gasteiger partial charge in [0.1, 0.15) is 0 Å². The molecule has 0 bridgehead atoms. The van der Waals surface area contributed by atoms with Gasteiger partial charge in [-0.1, -0.05) is 12.1 Å². The number of amides is 1. The van der Waals surface area contributed by atoms with Gasteiger partial charge >= 0.3 is 0 Å². The Kier molecular flexibility index (Phi) is 3.51. The van der Waals surface area contributed by atoms with E-state index in [1.54, 1.807) is 11.8 Å². The molecule has 1 aliphatic heterocycles. The van der Waals surface area contributed by atoms with Gasteiger partial charge in [0, 0.05) is 11.4 Å². The lowest BCUT2D eigenvalue weighted by molar-refractivity contribution is -0.118. The number of nitrogens with two attached hydrogens (primary N) is 1. The molecular weight excluding hydrogens is 220 g/mol. The predicted octanol–water partition coefficient (Wildman–Crippen LogP) is 1.86. The molecule has 0 spiro atoms. The minimum atomic E-state index is 0.00711. The Morgan fingerprint density at radius 1 is 1.44 bits per heavy atom. The molecule has 0 saturated heterocycles. The van der Waals surface area contributed by atoms with Crippen LogP contribution in [0.5, 0.6) is 0 Å². The second kappa shape index (κ2) is 4.89. The highest BCUT2D eigenvalue weighted by molar-refractivity contribution is 8.00. The van der Waals surface area contributed by atoms with Crippen molar-refractivity contribution in [3.63, 3.8) is 0 Å².